The standard InChI is InChI=1S/C19H14OS/c20-19(15-8-3-1-4-9-15)16-10-7-13-18(14-16)21-17-11-5-2-6-12-17/h1-14H. The molecule has 0 radical (unpaired) electrons. The van der Waals surface area contributed by atoms with Crippen LogP contribution in [0.1, 0.15) is 15.9 Å². The summed E-state index contributed by atoms with van der Waals surface area (Å²) in [5, 5.41) is 0. The molecule has 0 unspecified atom stereocenters. The fourth-order valence-corrected chi connectivity index (χ4v) is 2.98. The molecule has 102 valence electrons. The summed E-state index contributed by atoms with van der Waals surface area (Å²) in [6.45, 7) is 0. The third kappa shape index (κ3) is 3.41. The Morgan fingerprint density at radius 2 is 1.19 bits per heavy atom. The Kier molecular flexibility index (Phi) is 4.17. The highest BCUT2D eigenvalue weighted by Gasteiger charge is 2.09. The first-order valence-electron chi connectivity index (χ1n) is 6.76. The quantitative estimate of drug-likeness (QED) is 0.624. The van der Waals surface area contributed by atoms with E-state index in [9.17, 15) is 4.79 Å². The van der Waals surface area contributed by atoms with Crippen molar-refractivity contribution < 1.29 is 4.79 Å². The fraction of sp³-hybridized carbons (Fsp3) is 0. The lowest BCUT2D eigenvalue weighted by Crippen LogP contribution is -2.00. The second-order valence-electron chi connectivity index (χ2n) is 4.64. The SMILES string of the molecule is O=C(c1ccccc1)c1cccc(Sc2ccccc2)c1. The first-order chi connectivity index (χ1) is 10.3. The van der Waals surface area contributed by atoms with E-state index in [1.165, 1.54) is 4.90 Å². The van der Waals surface area contributed by atoms with Crippen molar-refractivity contribution in [1.29, 1.82) is 0 Å². The summed E-state index contributed by atoms with van der Waals surface area (Å²) in [4.78, 5) is 14.7. The summed E-state index contributed by atoms with van der Waals surface area (Å²) in [5.74, 6) is 0.0612. The molecule has 0 aliphatic rings. The monoisotopic (exact) mass is 290 g/mol. The van der Waals surface area contributed by atoms with Gasteiger partial charge in [0, 0.05) is 20.9 Å². The molecule has 0 heterocycles. The van der Waals surface area contributed by atoms with Gasteiger partial charge in [-0.15, -0.1) is 0 Å². The van der Waals surface area contributed by atoms with Crippen molar-refractivity contribution in [3.05, 3.63) is 96.1 Å². The summed E-state index contributed by atoms with van der Waals surface area (Å²) in [6, 6.07) is 27.3. The van der Waals surface area contributed by atoms with Crippen LogP contribution >= 0.6 is 11.8 Å². The lowest BCUT2D eigenvalue weighted by Gasteiger charge is -2.05. The van der Waals surface area contributed by atoms with Gasteiger partial charge < -0.3 is 0 Å². The van der Waals surface area contributed by atoms with Gasteiger partial charge >= 0.3 is 0 Å². The molecule has 3 rings (SSSR count). The van der Waals surface area contributed by atoms with Crippen LogP contribution in [0, 0.1) is 0 Å². The maximum atomic E-state index is 12.4. The van der Waals surface area contributed by atoms with E-state index >= 15 is 0 Å². The van der Waals surface area contributed by atoms with Crippen LogP contribution in [-0.2, 0) is 0 Å². The molecule has 0 aliphatic carbocycles. The van der Waals surface area contributed by atoms with E-state index in [1.54, 1.807) is 11.8 Å². The molecule has 3 aromatic carbocycles. The second-order valence-corrected chi connectivity index (χ2v) is 5.79. The van der Waals surface area contributed by atoms with Gasteiger partial charge in [0.1, 0.15) is 0 Å². The third-order valence-electron chi connectivity index (χ3n) is 3.11. The van der Waals surface area contributed by atoms with Gasteiger partial charge in [0.15, 0.2) is 5.78 Å². The van der Waals surface area contributed by atoms with Crippen LogP contribution in [0.2, 0.25) is 0 Å². The van der Waals surface area contributed by atoms with Crippen LogP contribution < -0.4 is 0 Å². The number of carbonyl (C=O) groups is 1. The zero-order chi connectivity index (χ0) is 14.5. The van der Waals surface area contributed by atoms with Crippen molar-refractivity contribution in [3.63, 3.8) is 0 Å². The predicted octanol–water partition coefficient (Wildman–Crippen LogP) is 5.07. The molecule has 2 heteroatoms. The minimum Gasteiger partial charge on any atom is -0.289 e. The summed E-state index contributed by atoms with van der Waals surface area (Å²) >= 11 is 1.66. The zero-order valence-electron chi connectivity index (χ0n) is 11.4. The van der Waals surface area contributed by atoms with Gasteiger partial charge in [-0.25, -0.2) is 0 Å². The minimum absolute atomic E-state index is 0.0612. The molecule has 0 N–H and O–H groups in total. The Morgan fingerprint density at radius 1 is 0.619 bits per heavy atom. The molecular weight excluding hydrogens is 276 g/mol. The molecule has 0 amide bonds. The first-order valence-corrected chi connectivity index (χ1v) is 7.57. The van der Waals surface area contributed by atoms with Crippen molar-refractivity contribution in [2.45, 2.75) is 9.79 Å². The van der Waals surface area contributed by atoms with E-state index in [0.717, 1.165) is 16.0 Å². The highest BCUT2D eigenvalue weighted by molar-refractivity contribution is 7.99. The van der Waals surface area contributed by atoms with Crippen LogP contribution in [0.15, 0.2) is 94.7 Å². The van der Waals surface area contributed by atoms with Crippen LogP contribution in [0.4, 0.5) is 0 Å². The van der Waals surface area contributed by atoms with Gasteiger partial charge in [0.05, 0.1) is 0 Å². The number of carbonyl (C=O) groups excluding carboxylic acids is 1. The molecule has 0 aromatic heterocycles. The van der Waals surface area contributed by atoms with E-state index < -0.39 is 0 Å². The Morgan fingerprint density at radius 3 is 1.90 bits per heavy atom. The van der Waals surface area contributed by atoms with E-state index in [0.29, 0.717) is 0 Å². The van der Waals surface area contributed by atoms with Crippen LogP contribution in [0.25, 0.3) is 0 Å². The minimum atomic E-state index is 0.0612. The fourth-order valence-electron chi connectivity index (χ4n) is 2.08. The number of benzene rings is 3. The molecule has 1 nitrogen and oxygen atoms in total. The first kappa shape index (κ1) is 13.7. The van der Waals surface area contributed by atoms with Crippen molar-refractivity contribution in [2.75, 3.05) is 0 Å². The molecule has 3 aromatic rings. The van der Waals surface area contributed by atoms with E-state index in [4.69, 9.17) is 0 Å². The molecule has 0 bridgehead atoms. The molecule has 0 spiro atoms. The molecule has 21 heavy (non-hydrogen) atoms. The second kappa shape index (κ2) is 6.42. The molecule has 0 saturated heterocycles. The normalized spacial score (nSPS) is 10.3. The van der Waals surface area contributed by atoms with Crippen molar-refractivity contribution in [3.8, 4) is 0 Å². The number of hydrogen-bond donors (Lipinski definition) is 0. The summed E-state index contributed by atoms with van der Waals surface area (Å²) in [5.41, 5.74) is 1.45. The Hall–Kier alpha value is -2.32. The molecule has 0 atom stereocenters. The van der Waals surface area contributed by atoms with Crippen molar-refractivity contribution in [1.82, 2.24) is 0 Å². The average Bonchev–Trinajstić information content (AvgIpc) is 2.56. The van der Waals surface area contributed by atoms with Crippen LogP contribution in [0.3, 0.4) is 0 Å². The van der Waals surface area contributed by atoms with E-state index in [2.05, 4.69) is 12.1 Å². The summed E-state index contributed by atoms with van der Waals surface area (Å²) in [6.07, 6.45) is 0. The molecule has 0 saturated carbocycles. The number of hydrogen-bond acceptors (Lipinski definition) is 2. The van der Waals surface area contributed by atoms with Crippen molar-refractivity contribution in [2.24, 2.45) is 0 Å². The van der Waals surface area contributed by atoms with Gasteiger partial charge in [0.25, 0.3) is 0 Å². The maximum Gasteiger partial charge on any atom is 0.193 e. The Balaban J connectivity index is 1.85. The smallest absolute Gasteiger partial charge is 0.193 e. The van der Waals surface area contributed by atoms with Gasteiger partial charge in [-0.1, -0.05) is 72.4 Å². The van der Waals surface area contributed by atoms with Crippen LogP contribution in [0.5, 0.6) is 0 Å². The third-order valence-corrected chi connectivity index (χ3v) is 4.11. The largest absolute Gasteiger partial charge is 0.289 e. The molecule has 0 fully saturated rings. The average molecular weight is 290 g/mol. The summed E-state index contributed by atoms with van der Waals surface area (Å²) < 4.78 is 0. The van der Waals surface area contributed by atoms with Gasteiger partial charge in [-0.3, -0.25) is 4.79 Å². The van der Waals surface area contributed by atoms with Gasteiger partial charge in [-0.05, 0) is 24.3 Å². The number of ketones is 1. The predicted molar refractivity (Wildman–Crippen MR) is 86.9 cm³/mol. The topological polar surface area (TPSA) is 17.1 Å². The number of rotatable bonds is 4. The van der Waals surface area contributed by atoms with E-state index in [1.807, 2.05) is 72.8 Å². The lowest BCUT2D eigenvalue weighted by molar-refractivity contribution is 0.103. The zero-order valence-corrected chi connectivity index (χ0v) is 12.2. The molecule has 0 aliphatic heterocycles. The van der Waals surface area contributed by atoms with Gasteiger partial charge in [0.2, 0.25) is 0 Å². The Labute approximate surface area is 128 Å². The van der Waals surface area contributed by atoms with Gasteiger partial charge in [-0.2, -0.15) is 0 Å². The van der Waals surface area contributed by atoms with Crippen LogP contribution in [-0.4, -0.2) is 5.78 Å². The Bertz CT molecular complexity index is 736. The highest BCUT2D eigenvalue weighted by atomic mass is 32.2. The van der Waals surface area contributed by atoms with Crippen molar-refractivity contribution >= 4 is 17.5 Å². The van der Waals surface area contributed by atoms with E-state index in [-0.39, 0.29) is 5.78 Å². The summed E-state index contributed by atoms with van der Waals surface area (Å²) in [7, 11) is 0. The molecular formula is C19H14OS. The maximum absolute atomic E-state index is 12.4. The highest BCUT2D eigenvalue weighted by Crippen LogP contribution is 2.28. The lowest BCUT2D eigenvalue weighted by atomic mass is 10.0.